The minimum atomic E-state index is -0.157. The number of ether oxygens (including phenoxy) is 1. The lowest BCUT2D eigenvalue weighted by Crippen LogP contribution is -2.28. The molecule has 1 aliphatic heterocycles. The molecule has 1 aliphatic rings. The molecule has 1 atom stereocenters. The lowest BCUT2D eigenvalue weighted by atomic mass is 9.96. The summed E-state index contributed by atoms with van der Waals surface area (Å²) in [5.74, 6) is 1.75. The van der Waals surface area contributed by atoms with E-state index >= 15 is 0 Å². The van der Waals surface area contributed by atoms with Crippen molar-refractivity contribution in [3.05, 3.63) is 42.0 Å². The lowest BCUT2D eigenvalue weighted by molar-refractivity contribution is 0.131. The third kappa shape index (κ3) is 4.30. The fourth-order valence-electron chi connectivity index (χ4n) is 3.65. The maximum atomic E-state index is 6.02. The third-order valence-corrected chi connectivity index (χ3v) is 4.87. The summed E-state index contributed by atoms with van der Waals surface area (Å²) in [6.45, 7) is 13.4. The Bertz CT molecular complexity index is 699. The normalized spacial score (nSPS) is 19.3. The average molecular weight is 325 g/mol. The quantitative estimate of drug-likeness (QED) is 0.757. The molecular weight excluding hydrogens is 294 g/mol. The van der Waals surface area contributed by atoms with Gasteiger partial charge >= 0.3 is 0 Å². The van der Waals surface area contributed by atoms with Gasteiger partial charge < -0.3 is 9.64 Å². The van der Waals surface area contributed by atoms with Crippen LogP contribution in [0.3, 0.4) is 0 Å². The maximum Gasteiger partial charge on any atom is 0.120 e. The molecule has 0 saturated carbocycles. The molecule has 2 nitrogen and oxygen atoms in total. The maximum absolute atomic E-state index is 6.02. The summed E-state index contributed by atoms with van der Waals surface area (Å²) in [6.07, 6.45) is 2.51. The molecule has 0 bridgehead atoms. The molecule has 1 heterocycles. The minimum absolute atomic E-state index is 0.157. The zero-order chi connectivity index (χ0) is 17.3. The number of hydrogen-bond donors (Lipinski definition) is 0. The van der Waals surface area contributed by atoms with Crippen LogP contribution in [0.2, 0.25) is 0 Å². The summed E-state index contributed by atoms with van der Waals surface area (Å²) in [5, 5.41) is 2.57. The topological polar surface area (TPSA) is 12.5 Å². The van der Waals surface area contributed by atoms with Crippen molar-refractivity contribution in [1.82, 2.24) is 4.90 Å². The predicted molar refractivity (Wildman–Crippen MR) is 103 cm³/mol. The van der Waals surface area contributed by atoms with Gasteiger partial charge in [0.2, 0.25) is 0 Å². The lowest BCUT2D eigenvalue weighted by Gasteiger charge is -2.21. The second kappa shape index (κ2) is 6.76. The van der Waals surface area contributed by atoms with Crippen LogP contribution in [0.5, 0.6) is 5.75 Å². The van der Waals surface area contributed by atoms with Crippen molar-refractivity contribution in [2.75, 3.05) is 13.1 Å². The van der Waals surface area contributed by atoms with Gasteiger partial charge in [0.1, 0.15) is 11.4 Å². The van der Waals surface area contributed by atoms with Crippen molar-refractivity contribution in [2.24, 2.45) is 5.92 Å². The molecule has 24 heavy (non-hydrogen) atoms. The molecule has 0 N–H and O–H groups in total. The van der Waals surface area contributed by atoms with Crippen LogP contribution in [0.15, 0.2) is 36.4 Å². The van der Waals surface area contributed by atoms with Crippen LogP contribution in [-0.2, 0) is 6.42 Å². The van der Waals surface area contributed by atoms with E-state index in [4.69, 9.17) is 4.74 Å². The number of benzene rings is 2. The van der Waals surface area contributed by atoms with E-state index in [-0.39, 0.29) is 5.60 Å². The Kier molecular flexibility index (Phi) is 4.87. The van der Waals surface area contributed by atoms with Crippen LogP contribution in [0, 0.1) is 5.92 Å². The Morgan fingerprint density at radius 3 is 2.50 bits per heavy atom. The van der Waals surface area contributed by atoms with Gasteiger partial charge in [0.15, 0.2) is 0 Å². The third-order valence-electron chi connectivity index (χ3n) is 4.87. The summed E-state index contributed by atoms with van der Waals surface area (Å²) in [4.78, 5) is 2.60. The molecule has 0 amide bonds. The zero-order valence-electron chi connectivity index (χ0n) is 15.8. The summed E-state index contributed by atoms with van der Waals surface area (Å²) in [5.41, 5.74) is 1.29. The molecule has 2 aromatic carbocycles. The highest BCUT2D eigenvalue weighted by Gasteiger charge is 2.24. The van der Waals surface area contributed by atoms with Crippen LogP contribution in [-0.4, -0.2) is 29.6 Å². The van der Waals surface area contributed by atoms with Gasteiger partial charge in [-0.05, 0) is 88.4 Å². The Morgan fingerprint density at radius 2 is 1.83 bits per heavy atom. The second-order valence-electron chi connectivity index (χ2n) is 8.51. The minimum Gasteiger partial charge on any atom is -0.488 e. The second-order valence-corrected chi connectivity index (χ2v) is 8.51. The first-order valence-corrected chi connectivity index (χ1v) is 9.26. The van der Waals surface area contributed by atoms with E-state index in [1.54, 1.807) is 0 Å². The van der Waals surface area contributed by atoms with E-state index in [1.807, 2.05) is 0 Å². The monoisotopic (exact) mass is 325 g/mol. The fraction of sp³-hybridized carbons (Fsp3) is 0.545. The molecule has 2 aromatic rings. The van der Waals surface area contributed by atoms with E-state index in [1.165, 1.54) is 42.3 Å². The van der Waals surface area contributed by atoms with E-state index in [0.717, 1.165) is 11.7 Å². The largest absolute Gasteiger partial charge is 0.488 e. The molecule has 0 spiro atoms. The van der Waals surface area contributed by atoms with Crippen molar-refractivity contribution < 1.29 is 4.74 Å². The summed E-state index contributed by atoms with van der Waals surface area (Å²) in [7, 11) is 0. The Labute approximate surface area is 146 Å². The SMILES string of the molecule is CC(C)N1CCC(Cc2ccc3ccc(OC(C)(C)C)cc3c2)C1. The van der Waals surface area contributed by atoms with E-state index in [0.29, 0.717) is 6.04 Å². The van der Waals surface area contributed by atoms with Crippen LogP contribution in [0.4, 0.5) is 0 Å². The zero-order valence-corrected chi connectivity index (χ0v) is 15.8. The predicted octanol–water partition coefficient (Wildman–Crippen LogP) is 5.29. The highest BCUT2D eigenvalue weighted by Crippen LogP contribution is 2.27. The van der Waals surface area contributed by atoms with Gasteiger partial charge in [0.25, 0.3) is 0 Å². The summed E-state index contributed by atoms with van der Waals surface area (Å²) in [6, 6.07) is 14.0. The Morgan fingerprint density at radius 1 is 1.08 bits per heavy atom. The van der Waals surface area contributed by atoms with Crippen molar-refractivity contribution in [1.29, 1.82) is 0 Å². The fourth-order valence-corrected chi connectivity index (χ4v) is 3.65. The van der Waals surface area contributed by atoms with Gasteiger partial charge in [0.05, 0.1) is 0 Å². The summed E-state index contributed by atoms with van der Waals surface area (Å²) < 4.78 is 6.02. The molecule has 0 aliphatic carbocycles. The molecule has 2 heteroatoms. The molecule has 130 valence electrons. The number of rotatable bonds is 4. The molecule has 0 aromatic heterocycles. The molecule has 1 saturated heterocycles. The number of fused-ring (bicyclic) bond motifs is 1. The van der Waals surface area contributed by atoms with E-state index in [9.17, 15) is 0 Å². The van der Waals surface area contributed by atoms with E-state index < -0.39 is 0 Å². The number of nitrogens with zero attached hydrogens (tertiary/aromatic N) is 1. The average Bonchev–Trinajstić information content (AvgIpc) is 2.94. The van der Waals surface area contributed by atoms with Crippen molar-refractivity contribution in [3.8, 4) is 5.75 Å². The van der Waals surface area contributed by atoms with Crippen molar-refractivity contribution >= 4 is 10.8 Å². The first kappa shape index (κ1) is 17.3. The molecule has 1 fully saturated rings. The van der Waals surface area contributed by atoms with Gasteiger partial charge in [-0.25, -0.2) is 0 Å². The molecule has 3 rings (SSSR count). The molecule has 1 unspecified atom stereocenters. The molecule has 0 radical (unpaired) electrons. The summed E-state index contributed by atoms with van der Waals surface area (Å²) >= 11 is 0. The van der Waals surface area contributed by atoms with Gasteiger partial charge in [-0.2, -0.15) is 0 Å². The standard InChI is InChI=1S/C22H31NO/c1-16(2)23-11-10-18(15-23)12-17-6-7-19-8-9-21(14-20(19)13-17)24-22(3,4)5/h6-9,13-14,16,18H,10-12,15H2,1-5H3. The highest BCUT2D eigenvalue weighted by molar-refractivity contribution is 5.84. The smallest absolute Gasteiger partial charge is 0.120 e. The van der Waals surface area contributed by atoms with Crippen LogP contribution in [0.25, 0.3) is 10.8 Å². The van der Waals surface area contributed by atoms with Gasteiger partial charge in [0, 0.05) is 12.6 Å². The van der Waals surface area contributed by atoms with Crippen LogP contribution in [0.1, 0.15) is 46.6 Å². The Hall–Kier alpha value is -1.54. The first-order valence-electron chi connectivity index (χ1n) is 9.26. The highest BCUT2D eigenvalue weighted by atomic mass is 16.5. The van der Waals surface area contributed by atoms with Gasteiger partial charge in [-0.15, -0.1) is 0 Å². The van der Waals surface area contributed by atoms with E-state index in [2.05, 4.69) is 75.9 Å². The van der Waals surface area contributed by atoms with Crippen molar-refractivity contribution in [2.45, 2.75) is 59.1 Å². The first-order chi connectivity index (χ1) is 11.3. The molecular formula is C22H31NO. The number of likely N-dealkylation sites (tertiary alicyclic amines) is 1. The van der Waals surface area contributed by atoms with Gasteiger partial charge in [-0.3, -0.25) is 0 Å². The number of hydrogen-bond acceptors (Lipinski definition) is 2. The van der Waals surface area contributed by atoms with Crippen LogP contribution >= 0.6 is 0 Å². The Balaban J connectivity index is 1.75. The van der Waals surface area contributed by atoms with Crippen LogP contribution < -0.4 is 4.74 Å². The van der Waals surface area contributed by atoms with Crippen molar-refractivity contribution in [3.63, 3.8) is 0 Å². The van der Waals surface area contributed by atoms with Gasteiger partial charge in [-0.1, -0.05) is 24.3 Å².